The maximum absolute atomic E-state index is 11.7. The van der Waals surface area contributed by atoms with Crippen LogP contribution < -0.4 is 0 Å². The Morgan fingerprint density at radius 3 is 2.29 bits per heavy atom. The van der Waals surface area contributed by atoms with Crippen LogP contribution in [0.4, 0.5) is 5.69 Å². The summed E-state index contributed by atoms with van der Waals surface area (Å²) in [6.07, 6.45) is 0. The SMILES string of the molecule is COC(=O)c1cc([N+](=O)[O-])c2nonc2c1C(=O)OC.[Na]. The summed E-state index contributed by atoms with van der Waals surface area (Å²) in [6.45, 7) is 0. The van der Waals surface area contributed by atoms with Gasteiger partial charge in [-0.05, 0) is 10.3 Å². The molecule has 0 aliphatic rings. The molecule has 21 heavy (non-hydrogen) atoms. The van der Waals surface area contributed by atoms with Crippen LogP contribution in [0.5, 0.6) is 0 Å². The van der Waals surface area contributed by atoms with Gasteiger partial charge in [0.05, 0.1) is 24.7 Å². The van der Waals surface area contributed by atoms with Crippen LogP contribution >= 0.6 is 0 Å². The minimum atomic E-state index is -0.946. The van der Waals surface area contributed by atoms with Crippen LogP contribution in [0.2, 0.25) is 0 Å². The normalized spacial score (nSPS) is 9.81. The summed E-state index contributed by atoms with van der Waals surface area (Å²) >= 11 is 0. The Labute approximate surface area is 138 Å². The number of carbonyl (C=O) groups is 2. The number of ether oxygens (including phenoxy) is 2. The third-order valence-electron chi connectivity index (χ3n) is 2.51. The number of benzene rings is 1. The monoisotopic (exact) mass is 304 g/mol. The van der Waals surface area contributed by atoms with Crippen molar-refractivity contribution in [2.24, 2.45) is 0 Å². The van der Waals surface area contributed by atoms with Crippen molar-refractivity contribution >= 4 is 58.2 Å². The molecule has 0 fully saturated rings. The van der Waals surface area contributed by atoms with Crippen molar-refractivity contribution < 1.29 is 28.6 Å². The first-order valence-corrected chi connectivity index (χ1v) is 5.11. The van der Waals surface area contributed by atoms with Crippen molar-refractivity contribution in [3.05, 3.63) is 27.3 Å². The third-order valence-corrected chi connectivity index (χ3v) is 2.51. The molecule has 2 aromatic rings. The average molecular weight is 304 g/mol. The first-order chi connectivity index (χ1) is 9.51. The van der Waals surface area contributed by atoms with Crippen LogP contribution in [0, 0.1) is 10.1 Å². The average Bonchev–Trinajstić information content (AvgIpc) is 2.92. The predicted molar refractivity (Wildman–Crippen MR) is 66.9 cm³/mol. The van der Waals surface area contributed by atoms with E-state index in [1.165, 1.54) is 0 Å². The number of nitrogens with zero attached hydrogens (tertiary/aromatic N) is 3. The summed E-state index contributed by atoms with van der Waals surface area (Å²) in [6, 6.07) is 0.866. The van der Waals surface area contributed by atoms with Crippen LogP contribution in [0.15, 0.2) is 10.7 Å². The Balaban J connectivity index is 0.00000220. The van der Waals surface area contributed by atoms with E-state index in [4.69, 9.17) is 0 Å². The van der Waals surface area contributed by atoms with E-state index in [9.17, 15) is 19.7 Å². The fourth-order valence-corrected chi connectivity index (χ4v) is 1.64. The van der Waals surface area contributed by atoms with Gasteiger partial charge in [-0.25, -0.2) is 14.2 Å². The van der Waals surface area contributed by atoms with Crippen LogP contribution in [0.3, 0.4) is 0 Å². The van der Waals surface area contributed by atoms with E-state index in [1.54, 1.807) is 0 Å². The van der Waals surface area contributed by atoms with Crippen LogP contribution in [0.25, 0.3) is 11.0 Å². The molecule has 0 aliphatic carbocycles. The van der Waals surface area contributed by atoms with Gasteiger partial charge in [-0.15, -0.1) is 0 Å². The zero-order valence-corrected chi connectivity index (χ0v) is 13.3. The number of nitro benzene ring substituents is 1. The van der Waals surface area contributed by atoms with Gasteiger partial charge < -0.3 is 9.47 Å². The van der Waals surface area contributed by atoms with Gasteiger partial charge in [0.15, 0.2) is 5.52 Å². The molecular formula is C10H7N3NaO7. The van der Waals surface area contributed by atoms with Gasteiger partial charge in [0.25, 0.3) is 0 Å². The van der Waals surface area contributed by atoms with E-state index in [2.05, 4.69) is 24.4 Å². The van der Waals surface area contributed by atoms with E-state index in [1.807, 2.05) is 0 Å². The number of carbonyl (C=O) groups excluding carboxylic acids is 2. The Morgan fingerprint density at radius 1 is 1.19 bits per heavy atom. The number of non-ortho nitro benzene ring substituents is 1. The van der Waals surface area contributed by atoms with Crippen molar-refractivity contribution in [1.82, 2.24) is 10.3 Å². The standard InChI is InChI=1S/C10H7N3O7.Na/c1-18-9(14)4-3-5(13(16)17)7-8(12-20-11-7)6(4)10(15)19-2;/h3H,1-2H3;. The fourth-order valence-electron chi connectivity index (χ4n) is 1.64. The van der Waals surface area contributed by atoms with Gasteiger partial charge in [0.1, 0.15) is 5.56 Å². The van der Waals surface area contributed by atoms with Gasteiger partial charge in [-0.1, -0.05) is 0 Å². The number of rotatable bonds is 3. The molecular weight excluding hydrogens is 297 g/mol. The zero-order chi connectivity index (χ0) is 14.9. The van der Waals surface area contributed by atoms with Gasteiger partial charge in [-0.3, -0.25) is 10.1 Å². The van der Waals surface area contributed by atoms with Gasteiger partial charge in [0.2, 0.25) is 5.52 Å². The van der Waals surface area contributed by atoms with Crippen molar-refractivity contribution in [2.75, 3.05) is 14.2 Å². The number of nitro groups is 1. The molecule has 0 amide bonds. The number of hydrogen-bond donors (Lipinski definition) is 0. The second kappa shape index (κ2) is 6.61. The third kappa shape index (κ3) is 2.86. The Bertz CT molecular complexity index is 727. The molecule has 1 aromatic carbocycles. The number of hydrogen-bond acceptors (Lipinski definition) is 9. The fraction of sp³-hybridized carbons (Fsp3) is 0.200. The second-order valence-corrected chi connectivity index (χ2v) is 3.52. The van der Waals surface area contributed by atoms with E-state index >= 15 is 0 Å². The quantitative estimate of drug-likeness (QED) is 0.340. The molecule has 0 atom stereocenters. The molecule has 105 valence electrons. The van der Waals surface area contributed by atoms with Crippen molar-refractivity contribution in [1.29, 1.82) is 0 Å². The summed E-state index contributed by atoms with van der Waals surface area (Å²) in [7, 11) is 2.16. The van der Waals surface area contributed by atoms with Crippen molar-refractivity contribution in [2.45, 2.75) is 0 Å². The van der Waals surface area contributed by atoms with E-state index in [-0.39, 0.29) is 51.7 Å². The summed E-state index contributed by atoms with van der Waals surface area (Å²) < 4.78 is 13.4. The number of aromatic nitrogens is 2. The largest absolute Gasteiger partial charge is 0.465 e. The molecule has 0 saturated carbocycles. The molecule has 11 heteroatoms. The predicted octanol–water partition coefficient (Wildman–Crippen LogP) is 0.323. The van der Waals surface area contributed by atoms with Crippen molar-refractivity contribution in [3.8, 4) is 0 Å². The Hall–Kier alpha value is -2.04. The van der Waals surface area contributed by atoms with Crippen LogP contribution in [0.1, 0.15) is 20.7 Å². The molecule has 0 aliphatic heterocycles. The maximum Gasteiger partial charge on any atom is 0.341 e. The van der Waals surface area contributed by atoms with Crippen LogP contribution in [-0.2, 0) is 9.47 Å². The molecule has 1 aromatic heterocycles. The topological polar surface area (TPSA) is 135 Å². The van der Waals surface area contributed by atoms with E-state index < -0.39 is 22.5 Å². The number of esters is 2. The molecule has 1 heterocycles. The Morgan fingerprint density at radius 2 is 1.76 bits per heavy atom. The minimum absolute atomic E-state index is 0. The molecule has 0 bridgehead atoms. The van der Waals surface area contributed by atoms with Gasteiger partial charge in [-0.2, -0.15) is 0 Å². The molecule has 0 unspecified atom stereocenters. The van der Waals surface area contributed by atoms with E-state index in [0.717, 1.165) is 20.3 Å². The first kappa shape index (κ1) is 17.0. The number of fused-ring (bicyclic) bond motifs is 1. The molecule has 10 nitrogen and oxygen atoms in total. The summed E-state index contributed by atoms with van der Waals surface area (Å²) in [4.78, 5) is 33.6. The summed E-state index contributed by atoms with van der Waals surface area (Å²) in [5.74, 6) is -1.86. The van der Waals surface area contributed by atoms with Gasteiger partial charge >= 0.3 is 17.6 Å². The smallest absolute Gasteiger partial charge is 0.341 e. The van der Waals surface area contributed by atoms with E-state index in [0.29, 0.717) is 0 Å². The second-order valence-electron chi connectivity index (χ2n) is 3.52. The van der Waals surface area contributed by atoms with Crippen LogP contribution in [-0.4, -0.2) is 71.0 Å². The molecule has 0 N–H and O–H groups in total. The maximum atomic E-state index is 11.7. The molecule has 2 rings (SSSR count). The summed E-state index contributed by atoms with van der Waals surface area (Å²) in [5.41, 5.74) is -1.70. The Kier molecular flexibility index (Phi) is 5.35. The summed E-state index contributed by atoms with van der Waals surface area (Å²) in [5, 5.41) is 17.7. The molecule has 0 saturated heterocycles. The minimum Gasteiger partial charge on any atom is -0.465 e. The molecule has 1 radical (unpaired) electrons. The van der Waals surface area contributed by atoms with Crippen molar-refractivity contribution in [3.63, 3.8) is 0 Å². The zero-order valence-electron chi connectivity index (χ0n) is 11.3. The van der Waals surface area contributed by atoms with Gasteiger partial charge in [0, 0.05) is 35.6 Å². The number of methoxy groups -OCH3 is 2. The molecule has 0 spiro atoms. The first-order valence-electron chi connectivity index (χ1n) is 5.11.